The Morgan fingerprint density at radius 1 is 1.30 bits per heavy atom. The van der Waals surface area contributed by atoms with Gasteiger partial charge >= 0.3 is 6.18 Å². The van der Waals surface area contributed by atoms with Crippen molar-refractivity contribution in [3.63, 3.8) is 0 Å². The van der Waals surface area contributed by atoms with E-state index in [0.29, 0.717) is 18.0 Å². The lowest BCUT2D eigenvalue weighted by atomic mass is 10.2. The number of alkyl halides is 3. The lowest BCUT2D eigenvalue weighted by molar-refractivity contribution is -0.137. The number of benzene rings is 1. The first-order valence-corrected chi connectivity index (χ1v) is 6.63. The van der Waals surface area contributed by atoms with Crippen LogP contribution in [0.5, 0.6) is 0 Å². The van der Waals surface area contributed by atoms with E-state index in [1.54, 1.807) is 13.1 Å². The summed E-state index contributed by atoms with van der Waals surface area (Å²) in [6.07, 6.45) is -4.36. The topological polar surface area (TPSA) is 41.1 Å². The maximum atomic E-state index is 12.5. The summed E-state index contributed by atoms with van der Waals surface area (Å²) in [5, 5.41) is 5.53. The number of nitrogens with one attached hydrogen (secondary N) is 2. The first kappa shape index (κ1) is 19.1. The zero-order valence-corrected chi connectivity index (χ0v) is 12.4. The number of carbonyl (C=O) groups is 1. The fraction of sp³-hybridized carbons (Fsp3) is 0.417. The molecule has 2 N–H and O–H groups in total. The van der Waals surface area contributed by atoms with Gasteiger partial charge in [-0.25, -0.2) is 0 Å². The minimum absolute atomic E-state index is 0. The Bertz CT molecular complexity index is 429. The van der Waals surface area contributed by atoms with E-state index in [1.807, 2.05) is 0 Å². The van der Waals surface area contributed by atoms with Crippen molar-refractivity contribution < 1.29 is 18.0 Å². The molecule has 0 aliphatic rings. The number of carbonyl (C=O) groups excluding carboxylic acids is 1. The zero-order valence-electron chi connectivity index (χ0n) is 10.8. The maximum Gasteiger partial charge on any atom is 0.416 e. The minimum atomic E-state index is -4.36. The van der Waals surface area contributed by atoms with Gasteiger partial charge in [0.15, 0.2) is 0 Å². The molecule has 8 heteroatoms. The van der Waals surface area contributed by atoms with Crippen molar-refractivity contribution in [1.29, 1.82) is 0 Å². The number of likely N-dealkylation sites (N-methyl/N-ethyl adjacent to an activating group) is 1. The van der Waals surface area contributed by atoms with Crippen LogP contribution in [0.3, 0.4) is 0 Å². The van der Waals surface area contributed by atoms with Crippen LogP contribution in [0.4, 0.5) is 13.2 Å². The highest BCUT2D eigenvalue weighted by Crippen LogP contribution is 2.31. The molecular formula is C12H16ClF3N2OS. The summed E-state index contributed by atoms with van der Waals surface area (Å²) in [5.41, 5.74) is -0.701. The number of hydrogen-bond donors (Lipinski definition) is 2. The highest BCUT2D eigenvalue weighted by atomic mass is 35.5. The molecule has 0 atom stereocenters. The minimum Gasteiger partial charge on any atom is -0.354 e. The third-order valence-electron chi connectivity index (χ3n) is 2.23. The van der Waals surface area contributed by atoms with Crippen LogP contribution in [0.1, 0.15) is 5.56 Å². The van der Waals surface area contributed by atoms with Gasteiger partial charge in [-0.15, -0.1) is 24.2 Å². The average Bonchev–Trinajstić information content (AvgIpc) is 2.36. The molecular weight excluding hydrogens is 313 g/mol. The lowest BCUT2D eigenvalue weighted by Crippen LogP contribution is -2.31. The largest absolute Gasteiger partial charge is 0.416 e. The lowest BCUT2D eigenvalue weighted by Gasteiger charge is -2.08. The van der Waals surface area contributed by atoms with Crippen molar-refractivity contribution in [2.45, 2.75) is 11.1 Å². The van der Waals surface area contributed by atoms with Gasteiger partial charge in [0.1, 0.15) is 0 Å². The molecule has 3 nitrogen and oxygen atoms in total. The average molecular weight is 329 g/mol. The molecule has 1 aromatic carbocycles. The fourth-order valence-electron chi connectivity index (χ4n) is 1.29. The van der Waals surface area contributed by atoms with E-state index in [0.717, 1.165) is 23.9 Å². The van der Waals surface area contributed by atoms with Gasteiger partial charge in [0.25, 0.3) is 0 Å². The first-order valence-electron chi connectivity index (χ1n) is 5.65. The van der Waals surface area contributed by atoms with Crippen molar-refractivity contribution in [3.8, 4) is 0 Å². The van der Waals surface area contributed by atoms with Crippen molar-refractivity contribution in [2.24, 2.45) is 0 Å². The highest BCUT2D eigenvalue weighted by Gasteiger charge is 2.30. The summed E-state index contributed by atoms with van der Waals surface area (Å²) in [5.74, 6) is -0.0944. The molecule has 0 unspecified atom stereocenters. The van der Waals surface area contributed by atoms with Gasteiger partial charge in [0.2, 0.25) is 5.91 Å². The second kappa shape index (κ2) is 9.10. The van der Waals surface area contributed by atoms with E-state index in [1.165, 1.54) is 6.07 Å². The van der Waals surface area contributed by atoms with E-state index in [2.05, 4.69) is 10.6 Å². The van der Waals surface area contributed by atoms with E-state index in [4.69, 9.17) is 0 Å². The van der Waals surface area contributed by atoms with Crippen molar-refractivity contribution in [2.75, 3.05) is 25.9 Å². The number of thioether (sulfide) groups is 1. The molecule has 0 saturated carbocycles. The van der Waals surface area contributed by atoms with Gasteiger partial charge in [-0.2, -0.15) is 13.2 Å². The zero-order chi connectivity index (χ0) is 14.3. The summed E-state index contributed by atoms with van der Waals surface area (Å²) in [6, 6.07) is 4.95. The SMILES string of the molecule is CNCCNC(=O)CSc1cccc(C(F)(F)F)c1.Cl. The van der Waals surface area contributed by atoms with Crippen molar-refractivity contribution >= 4 is 30.1 Å². The Labute approximate surface area is 126 Å². The van der Waals surface area contributed by atoms with Crippen LogP contribution in [0.25, 0.3) is 0 Å². The molecule has 0 bridgehead atoms. The smallest absolute Gasteiger partial charge is 0.354 e. The van der Waals surface area contributed by atoms with Crippen LogP contribution in [-0.4, -0.2) is 31.8 Å². The van der Waals surface area contributed by atoms with Crippen LogP contribution in [0.2, 0.25) is 0 Å². The number of halogens is 4. The molecule has 114 valence electrons. The third-order valence-corrected chi connectivity index (χ3v) is 3.22. The normalized spacial score (nSPS) is 10.8. The summed E-state index contributed by atoms with van der Waals surface area (Å²) in [6.45, 7) is 1.15. The highest BCUT2D eigenvalue weighted by molar-refractivity contribution is 8.00. The molecule has 0 aliphatic carbocycles. The van der Waals surface area contributed by atoms with E-state index in [9.17, 15) is 18.0 Å². The quantitative estimate of drug-likeness (QED) is 0.623. The van der Waals surface area contributed by atoms with Gasteiger partial charge in [0, 0.05) is 18.0 Å². The van der Waals surface area contributed by atoms with Crippen molar-refractivity contribution in [1.82, 2.24) is 10.6 Å². The number of rotatable bonds is 6. The van der Waals surface area contributed by atoms with Crippen LogP contribution in [-0.2, 0) is 11.0 Å². The Kier molecular flexibility index (Phi) is 8.68. The molecule has 1 amide bonds. The molecule has 0 fully saturated rings. The Morgan fingerprint density at radius 2 is 2.00 bits per heavy atom. The summed E-state index contributed by atoms with van der Waals surface area (Å²) >= 11 is 1.08. The summed E-state index contributed by atoms with van der Waals surface area (Å²) in [7, 11) is 1.77. The maximum absolute atomic E-state index is 12.5. The van der Waals surface area contributed by atoms with Crippen molar-refractivity contribution in [3.05, 3.63) is 29.8 Å². The van der Waals surface area contributed by atoms with Crippen LogP contribution in [0.15, 0.2) is 29.2 Å². The van der Waals surface area contributed by atoms with Gasteiger partial charge in [-0.3, -0.25) is 4.79 Å². The number of amides is 1. The molecule has 20 heavy (non-hydrogen) atoms. The van der Waals surface area contributed by atoms with Gasteiger partial charge < -0.3 is 10.6 Å². The Hall–Kier alpha value is -0.920. The monoisotopic (exact) mass is 328 g/mol. The second-order valence-corrected chi connectivity index (χ2v) is 4.82. The molecule has 1 aromatic rings. The number of hydrogen-bond acceptors (Lipinski definition) is 3. The third kappa shape index (κ3) is 7.02. The van der Waals surface area contributed by atoms with Gasteiger partial charge in [-0.1, -0.05) is 6.07 Å². The molecule has 0 saturated heterocycles. The fourth-order valence-corrected chi connectivity index (χ4v) is 2.07. The molecule has 0 spiro atoms. The molecule has 0 aliphatic heterocycles. The second-order valence-electron chi connectivity index (χ2n) is 3.77. The molecule has 1 rings (SSSR count). The molecule has 0 aromatic heterocycles. The summed E-state index contributed by atoms with van der Waals surface area (Å²) < 4.78 is 37.4. The van der Waals surface area contributed by atoms with E-state index in [-0.39, 0.29) is 24.1 Å². The Morgan fingerprint density at radius 3 is 2.60 bits per heavy atom. The first-order chi connectivity index (χ1) is 8.93. The van der Waals surface area contributed by atoms with Gasteiger partial charge in [0.05, 0.1) is 11.3 Å². The van der Waals surface area contributed by atoms with Crippen LogP contribution < -0.4 is 10.6 Å². The van der Waals surface area contributed by atoms with E-state index < -0.39 is 11.7 Å². The molecule has 0 radical (unpaired) electrons. The van der Waals surface area contributed by atoms with Gasteiger partial charge in [-0.05, 0) is 25.2 Å². The van der Waals surface area contributed by atoms with E-state index >= 15 is 0 Å². The standard InChI is InChI=1S/C12H15F3N2OS.ClH/c1-16-5-6-17-11(18)8-19-10-4-2-3-9(7-10)12(13,14)15;/h2-4,7,16H,5-6,8H2,1H3,(H,17,18);1H. The predicted molar refractivity (Wildman–Crippen MR) is 76.4 cm³/mol. The predicted octanol–water partition coefficient (Wildman–Crippen LogP) is 2.55. The van der Waals surface area contributed by atoms with Crippen LogP contribution >= 0.6 is 24.2 Å². The summed E-state index contributed by atoms with van der Waals surface area (Å²) in [4.78, 5) is 11.8. The van der Waals surface area contributed by atoms with Crippen LogP contribution in [0, 0.1) is 0 Å². The molecule has 0 heterocycles. The Balaban J connectivity index is 0.00000361.